The van der Waals surface area contributed by atoms with Gasteiger partial charge in [0.15, 0.2) is 16.4 Å². The van der Waals surface area contributed by atoms with Crippen molar-refractivity contribution in [1.29, 1.82) is 0 Å². The van der Waals surface area contributed by atoms with Crippen LogP contribution in [0.25, 0.3) is 11.6 Å². The average Bonchev–Trinajstić information content (AvgIpc) is 3.21. The molecule has 4 atom stereocenters. The molecule has 2 aliphatic rings. The van der Waals surface area contributed by atoms with E-state index in [1.54, 1.807) is 6.26 Å². The molecule has 0 spiro atoms. The van der Waals surface area contributed by atoms with E-state index in [4.69, 9.17) is 16.6 Å². The van der Waals surface area contributed by atoms with Crippen LogP contribution in [0.2, 0.25) is 0 Å². The van der Waals surface area contributed by atoms with Gasteiger partial charge in [0.1, 0.15) is 0 Å². The van der Waals surface area contributed by atoms with E-state index < -0.39 is 0 Å². The molecule has 2 saturated carbocycles. The van der Waals surface area contributed by atoms with Crippen molar-refractivity contribution in [3.05, 3.63) is 23.2 Å². The van der Waals surface area contributed by atoms with E-state index >= 15 is 0 Å². The van der Waals surface area contributed by atoms with Crippen molar-refractivity contribution in [3.8, 4) is 11.6 Å². The van der Waals surface area contributed by atoms with Gasteiger partial charge in [-0.1, -0.05) is 6.42 Å². The number of hydrogen-bond acceptors (Lipinski definition) is 3. The van der Waals surface area contributed by atoms with Crippen molar-refractivity contribution >= 4 is 12.2 Å². The first-order valence-corrected chi connectivity index (χ1v) is 7.85. The number of nitrogens with one attached hydrogen (secondary N) is 1. The number of hydrogen-bond donors (Lipinski definition) is 1. The van der Waals surface area contributed by atoms with Gasteiger partial charge >= 0.3 is 0 Å². The van der Waals surface area contributed by atoms with E-state index in [1.165, 1.54) is 25.7 Å². The van der Waals surface area contributed by atoms with E-state index in [1.807, 2.05) is 12.1 Å². The van der Waals surface area contributed by atoms with Gasteiger partial charge in [-0.05, 0) is 68.3 Å². The highest BCUT2D eigenvalue weighted by Crippen LogP contribution is 2.52. The van der Waals surface area contributed by atoms with Crippen LogP contribution in [0.15, 0.2) is 22.8 Å². The Balaban J connectivity index is 1.71. The summed E-state index contributed by atoms with van der Waals surface area (Å²) in [6.45, 7) is 2.28. The number of fused-ring (bicyclic) bond motifs is 2. The van der Waals surface area contributed by atoms with Gasteiger partial charge in [0.05, 0.1) is 6.26 Å². The highest BCUT2D eigenvalue weighted by Gasteiger charge is 2.42. The van der Waals surface area contributed by atoms with E-state index in [0.29, 0.717) is 10.8 Å². The zero-order valence-corrected chi connectivity index (χ0v) is 12.4. The molecule has 4 rings (SSSR count). The maximum Gasteiger partial charge on any atom is 0.198 e. The minimum atomic E-state index is 0.386. The molecule has 4 nitrogen and oxygen atoms in total. The molecule has 2 aliphatic carbocycles. The Labute approximate surface area is 123 Å². The summed E-state index contributed by atoms with van der Waals surface area (Å²) in [5.41, 5.74) is 0. The highest BCUT2D eigenvalue weighted by molar-refractivity contribution is 7.71. The third kappa shape index (κ3) is 1.79. The largest absolute Gasteiger partial charge is 0.461 e. The summed E-state index contributed by atoms with van der Waals surface area (Å²) in [5.74, 6) is 4.16. The first kappa shape index (κ1) is 12.4. The van der Waals surface area contributed by atoms with Crippen molar-refractivity contribution in [1.82, 2.24) is 14.8 Å². The van der Waals surface area contributed by atoms with Gasteiger partial charge in [-0.25, -0.2) is 0 Å². The zero-order chi connectivity index (χ0) is 13.7. The van der Waals surface area contributed by atoms with Crippen molar-refractivity contribution in [2.45, 2.75) is 38.6 Å². The summed E-state index contributed by atoms with van der Waals surface area (Å²) in [7, 11) is 0. The van der Waals surface area contributed by atoms with Gasteiger partial charge in [0, 0.05) is 6.04 Å². The fourth-order valence-corrected chi connectivity index (χ4v) is 4.64. The van der Waals surface area contributed by atoms with Gasteiger partial charge < -0.3 is 4.42 Å². The lowest BCUT2D eigenvalue weighted by Gasteiger charge is -2.29. The fraction of sp³-hybridized carbons (Fsp3) is 0.600. The Kier molecular flexibility index (Phi) is 2.84. The third-order valence-electron chi connectivity index (χ3n) is 5.27. The van der Waals surface area contributed by atoms with Crippen LogP contribution in [0, 0.1) is 22.5 Å². The smallest absolute Gasteiger partial charge is 0.198 e. The van der Waals surface area contributed by atoms with Crippen LogP contribution in [0.1, 0.15) is 38.6 Å². The van der Waals surface area contributed by atoms with Gasteiger partial charge in [-0.15, -0.1) is 0 Å². The second-order valence-corrected chi connectivity index (χ2v) is 6.67. The standard InChI is InChI=1S/C15H19N3OS/c1-9(12-8-10-4-5-11(12)7-10)18-14(16-17-15(18)20)13-3-2-6-19-13/h2-3,6,9-12H,4-5,7-8H2,1H3,(H,17,20)/t9-,10-,11+,12-/m1/s1. The predicted molar refractivity (Wildman–Crippen MR) is 78.8 cm³/mol. The Bertz CT molecular complexity index is 657. The van der Waals surface area contributed by atoms with Crippen molar-refractivity contribution < 1.29 is 4.42 Å². The molecule has 2 aromatic heterocycles. The Hall–Kier alpha value is -1.36. The molecule has 2 aromatic rings. The quantitative estimate of drug-likeness (QED) is 0.861. The zero-order valence-electron chi connectivity index (χ0n) is 11.6. The van der Waals surface area contributed by atoms with Crippen LogP contribution in [-0.4, -0.2) is 14.8 Å². The molecule has 2 bridgehead atoms. The first-order valence-electron chi connectivity index (χ1n) is 7.45. The number of rotatable bonds is 3. The lowest BCUT2D eigenvalue weighted by molar-refractivity contribution is 0.242. The topological polar surface area (TPSA) is 46.8 Å². The number of aromatic nitrogens is 3. The minimum Gasteiger partial charge on any atom is -0.461 e. The van der Waals surface area contributed by atoms with Crippen molar-refractivity contribution in [3.63, 3.8) is 0 Å². The summed E-state index contributed by atoms with van der Waals surface area (Å²) in [6, 6.07) is 4.21. The molecule has 0 unspecified atom stereocenters. The average molecular weight is 289 g/mol. The highest BCUT2D eigenvalue weighted by atomic mass is 32.1. The number of aromatic amines is 1. The Morgan fingerprint density at radius 3 is 3.00 bits per heavy atom. The van der Waals surface area contributed by atoms with Crippen LogP contribution in [0.4, 0.5) is 0 Å². The molecule has 5 heteroatoms. The van der Waals surface area contributed by atoms with Gasteiger partial charge in [0.2, 0.25) is 0 Å². The molecule has 0 aromatic carbocycles. The first-order chi connectivity index (χ1) is 9.74. The van der Waals surface area contributed by atoms with E-state index in [-0.39, 0.29) is 0 Å². The molecule has 2 fully saturated rings. The lowest BCUT2D eigenvalue weighted by atomic mass is 9.84. The predicted octanol–water partition coefficient (Wildman–Crippen LogP) is 4.20. The molecule has 2 heterocycles. The van der Waals surface area contributed by atoms with E-state index in [9.17, 15) is 0 Å². The minimum absolute atomic E-state index is 0.386. The van der Waals surface area contributed by atoms with Gasteiger partial charge in [-0.3, -0.25) is 9.67 Å². The third-order valence-corrected chi connectivity index (χ3v) is 5.55. The maximum atomic E-state index is 5.50. The van der Waals surface area contributed by atoms with Crippen LogP contribution < -0.4 is 0 Å². The normalized spacial score (nSPS) is 29.9. The molecular weight excluding hydrogens is 270 g/mol. The maximum absolute atomic E-state index is 5.50. The number of H-pyrrole nitrogens is 1. The summed E-state index contributed by atoms with van der Waals surface area (Å²) >= 11 is 5.45. The van der Waals surface area contributed by atoms with Crippen LogP contribution in [-0.2, 0) is 0 Å². The van der Waals surface area contributed by atoms with Gasteiger partial charge in [-0.2, -0.15) is 5.10 Å². The summed E-state index contributed by atoms with van der Waals surface area (Å²) in [5, 5.41) is 7.29. The van der Waals surface area contributed by atoms with Crippen molar-refractivity contribution in [2.24, 2.45) is 17.8 Å². The molecule has 0 amide bonds. The number of nitrogens with zero attached hydrogens (tertiary/aromatic N) is 2. The second-order valence-electron chi connectivity index (χ2n) is 6.28. The van der Waals surface area contributed by atoms with Crippen LogP contribution >= 0.6 is 12.2 Å². The summed E-state index contributed by atoms with van der Waals surface area (Å²) < 4.78 is 8.35. The number of furan rings is 1. The molecular formula is C15H19N3OS. The summed E-state index contributed by atoms with van der Waals surface area (Å²) in [6.07, 6.45) is 7.25. The second kappa shape index (κ2) is 4.58. The molecule has 20 heavy (non-hydrogen) atoms. The van der Waals surface area contributed by atoms with Crippen molar-refractivity contribution in [2.75, 3.05) is 0 Å². The van der Waals surface area contributed by atoms with Crippen LogP contribution in [0.3, 0.4) is 0 Å². The Morgan fingerprint density at radius 1 is 1.45 bits per heavy atom. The van der Waals surface area contributed by atoms with Crippen LogP contribution in [0.5, 0.6) is 0 Å². The lowest BCUT2D eigenvalue weighted by Crippen LogP contribution is -2.22. The van der Waals surface area contributed by atoms with E-state index in [2.05, 4.69) is 21.7 Å². The molecule has 106 valence electrons. The SMILES string of the molecule is C[C@H]([C@H]1C[C@@H]2CC[C@H]1C2)n1c(-c2ccco2)n[nH]c1=S. The molecule has 0 saturated heterocycles. The molecule has 1 N–H and O–H groups in total. The summed E-state index contributed by atoms with van der Waals surface area (Å²) in [4.78, 5) is 0. The monoisotopic (exact) mass is 289 g/mol. The van der Waals surface area contributed by atoms with E-state index in [0.717, 1.165) is 29.3 Å². The fourth-order valence-electron chi connectivity index (χ4n) is 4.34. The molecule has 0 aliphatic heterocycles. The van der Waals surface area contributed by atoms with Gasteiger partial charge in [0.25, 0.3) is 0 Å². The molecule has 0 radical (unpaired) electrons. The Morgan fingerprint density at radius 2 is 2.35 bits per heavy atom.